The van der Waals surface area contributed by atoms with Gasteiger partial charge in [0.25, 0.3) is 0 Å². The van der Waals surface area contributed by atoms with Gasteiger partial charge in [-0.2, -0.15) is 0 Å². The van der Waals surface area contributed by atoms with Crippen molar-refractivity contribution in [2.24, 2.45) is 23.2 Å². The number of rotatable bonds is 3. The van der Waals surface area contributed by atoms with Crippen LogP contribution in [0.25, 0.3) is 0 Å². The van der Waals surface area contributed by atoms with Gasteiger partial charge < -0.3 is 14.5 Å². The van der Waals surface area contributed by atoms with Crippen LogP contribution in [0, 0.1) is 30.1 Å². The third-order valence-corrected chi connectivity index (χ3v) is 8.67. The van der Waals surface area contributed by atoms with Crippen molar-refractivity contribution in [3.8, 4) is 0 Å². The molecule has 2 heterocycles. The number of carbonyl (C=O) groups excluding carboxylic acids is 1. The van der Waals surface area contributed by atoms with Gasteiger partial charge in [-0.25, -0.2) is 0 Å². The van der Waals surface area contributed by atoms with Crippen LogP contribution in [-0.4, -0.2) is 44.8 Å². The highest BCUT2D eigenvalue weighted by Gasteiger charge is 2.56. The fraction of sp³-hybridized carbons (Fsp3) is 0.654. The van der Waals surface area contributed by atoms with Gasteiger partial charge in [-0.1, -0.05) is 31.2 Å². The zero-order chi connectivity index (χ0) is 20.9. The number of fused-ring (bicyclic) bond motifs is 2. The van der Waals surface area contributed by atoms with Crippen molar-refractivity contribution in [1.82, 2.24) is 0 Å². The summed E-state index contributed by atoms with van der Waals surface area (Å²) in [5.74, 6) is 1.13. The average molecular weight is 410 g/mol. The second-order valence-electron chi connectivity index (χ2n) is 10.7. The monoisotopic (exact) mass is 409 g/mol. The molecule has 2 aliphatic carbocycles. The lowest BCUT2D eigenvalue weighted by atomic mass is 9.55. The van der Waals surface area contributed by atoms with Crippen LogP contribution >= 0.6 is 0 Å². The maximum atomic E-state index is 12.9. The van der Waals surface area contributed by atoms with Gasteiger partial charge in [0.05, 0.1) is 32.7 Å². The van der Waals surface area contributed by atoms with E-state index in [0.717, 1.165) is 45.6 Å². The molecule has 2 aliphatic heterocycles. The molecule has 4 aliphatic rings. The molecular formula is C26H37N2O2+. The van der Waals surface area contributed by atoms with Crippen LogP contribution in [0.15, 0.2) is 36.4 Å². The number of aryl methyl sites for hydroxylation is 1. The summed E-state index contributed by atoms with van der Waals surface area (Å²) in [5.41, 5.74) is 4.37. The van der Waals surface area contributed by atoms with Crippen LogP contribution in [-0.2, 0) is 9.53 Å². The van der Waals surface area contributed by atoms with Crippen molar-refractivity contribution in [3.05, 3.63) is 42.0 Å². The highest BCUT2D eigenvalue weighted by molar-refractivity contribution is 5.75. The number of hydrogen-bond acceptors (Lipinski definition) is 3. The minimum Gasteiger partial charge on any atom is -0.462 e. The Kier molecular flexibility index (Phi) is 5.17. The lowest BCUT2D eigenvalue weighted by Gasteiger charge is -2.50. The minimum atomic E-state index is 0.0754. The zero-order valence-corrected chi connectivity index (χ0v) is 18.7. The van der Waals surface area contributed by atoms with Crippen molar-refractivity contribution in [1.29, 1.82) is 0 Å². The standard InChI is InChI=1S/C26H36N2O2/c1-18-6-4-8-20(14-18)28-12-10-27(11-13-28)17-22-21-15-23-19(2)7-5-9-26(23,3)16-24(21)30-25(22)29/h4,6,8,14,21-24H,2,5,7,9-13,15-17H2,1,3H3/p+1/t21-,22-,23+,24-,26-/m1/s1. The minimum absolute atomic E-state index is 0.0754. The molecule has 0 bridgehead atoms. The molecule has 0 radical (unpaired) electrons. The van der Waals surface area contributed by atoms with Gasteiger partial charge in [0.1, 0.15) is 12.0 Å². The number of nitrogens with one attached hydrogen (secondary N) is 1. The van der Waals surface area contributed by atoms with E-state index in [1.54, 1.807) is 4.90 Å². The maximum absolute atomic E-state index is 12.9. The van der Waals surface area contributed by atoms with E-state index in [0.29, 0.717) is 11.8 Å². The molecule has 0 amide bonds. The first-order valence-electron chi connectivity index (χ1n) is 12.0. The molecule has 1 N–H and O–H groups in total. The van der Waals surface area contributed by atoms with E-state index >= 15 is 0 Å². The van der Waals surface area contributed by atoms with Gasteiger partial charge >= 0.3 is 5.97 Å². The number of allylic oxidation sites excluding steroid dienone is 1. The number of ether oxygens (including phenoxy) is 1. The highest BCUT2D eigenvalue weighted by Crippen LogP contribution is 2.56. The molecular weight excluding hydrogens is 372 g/mol. The van der Waals surface area contributed by atoms with E-state index in [4.69, 9.17) is 4.74 Å². The molecule has 0 unspecified atom stereocenters. The van der Waals surface area contributed by atoms with Gasteiger partial charge in [-0.15, -0.1) is 0 Å². The Morgan fingerprint density at radius 3 is 2.87 bits per heavy atom. The first kappa shape index (κ1) is 20.1. The maximum Gasteiger partial charge on any atom is 0.315 e. The van der Waals surface area contributed by atoms with Crippen molar-refractivity contribution < 1.29 is 14.4 Å². The number of carbonyl (C=O) groups is 1. The molecule has 0 spiro atoms. The predicted molar refractivity (Wildman–Crippen MR) is 120 cm³/mol. The first-order chi connectivity index (χ1) is 14.4. The van der Waals surface area contributed by atoms with Gasteiger partial charge in [-0.3, -0.25) is 4.79 Å². The summed E-state index contributed by atoms with van der Waals surface area (Å²) in [6, 6.07) is 8.80. The lowest BCUT2D eigenvalue weighted by Crippen LogP contribution is -3.15. The lowest BCUT2D eigenvalue weighted by molar-refractivity contribution is -0.903. The summed E-state index contributed by atoms with van der Waals surface area (Å²) < 4.78 is 5.98. The largest absolute Gasteiger partial charge is 0.462 e. The second-order valence-corrected chi connectivity index (χ2v) is 10.7. The zero-order valence-electron chi connectivity index (χ0n) is 18.7. The van der Waals surface area contributed by atoms with E-state index < -0.39 is 0 Å². The van der Waals surface area contributed by atoms with Crippen molar-refractivity contribution >= 4 is 11.7 Å². The molecule has 2 saturated heterocycles. The van der Waals surface area contributed by atoms with Crippen LogP contribution in [0.1, 0.15) is 44.6 Å². The molecule has 1 aromatic carbocycles. The van der Waals surface area contributed by atoms with E-state index in [1.807, 2.05) is 0 Å². The van der Waals surface area contributed by atoms with Crippen LogP contribution in [0.3, 0.4) is 0 Å². The second kappa shape index (κ2) is 7.71. The molecule has 162 valence electrons. The normalized spacial score (nSPS) is 36.9. The Labute approximate surface area is 181 Å². The summed E-state index contributed by atoms with van der Waals surface area (Å²) >= 11 is 0. The average Bonchev–Trinajstić information content (AvgIpc) is 3.01. The topological polar surface area (TPSA) is 34.0 Å². The van der Waals surface area contributed by atoms with E-state index in [-0.39, 0.29) is 23.4 Å². The van der Waals surface area contributed by atoms with Crippen LogP contribution in [0.4, 0.5) is 5.69 Å². The van der Waals surface area contributed by atoms with E-state index in [2.05, 4.69) is 49.6 Å². The fourth-order valence-corrected chi connectivity index (χ4v) is 6.91. The number of benzene rings is 1. The molecule has 1 aromatic rings. The number of quaternary nitrogens is 1. The van der Waals surface area contributed by atoms with Crippen molar-refractivity contribution in [3.63, 3.8) is 0 Å². The molecule has 4 heteroatoms. The quantitative estimate of drug-likeness (QED) is 0.616. The van der Waals surface area contributed by atoms with E-state index in [9.17, 15) is 4.79 Å². The Hall–Kier alpha value is -1.81. The summed E-state index contributed by atoms with van der Waals surface area (Å²) in [6.07, 6.45) is 5.97. The molecule has 5 rings (SSSR count). The van der Waals surface area contributed by atoms with Gasteiger partial charge in [-0.05, 0) is 68.1 Å². The number of nitrogens with zero attached hydrogens (tertiary/aromatic N) is 1. The summed E-state index contributed by atoms with van der Waals surface area (Å²) in [4.78, 5) is 16.9. The summed E-state index contributed by atoms with van der Waals surface area (Å²) in [7, 11) is 0. The van der Waals surface area contributed by atoms with Gasteiger partial charge in [0, 0.05) is 11.6 Å². The summed E-state index contributed by atoms with van der Waals surface area (Å²) in [5, 5.41) is 0. The smallest absolute Gasteiger partial charge is 0.315 e. The molecule has 2 saturated carbocycles. The Morgan fingerprint density at radius 2 is 2.10 bits per heavy atom. The number of esters is 1. The molecule has 0 aromatic heterocycles. The highest BCUT2D eigenvalue weighted by atomic mass is 16.6. The number of hydrogen-bond donors (Lipinski definition) is 1. The third-order valence-electron chi connectivity index (χ3n) is 8.67. The number of piperazine rings is 1. The van der Waals surface area contributed by atoms with E-state index in [1.165, 1.54) is 36.1 Å². The van der Waals surface area contributed by atoms with Crippen LogP contribution < -0.4 is 9.80 Å². The van der Waals surface area contributed by atoms with Gasteiger partial charge in [0.15, 0.2) is 0 Å². The Morgan fingerprint density at radius 1 is 1.30 bits per heavy atom. The van der Waals surface area contributed by atoms with Crippen LogP contribution in [0.2, 0.25) is 0 Å². The predicted octanol–water partition coefficient (Wildman–Crippen LogP) is 3.01. The summed E-state index contributed by atoms with van der Waals surface area (Å²) in [6.45, 7) is 14.3. The molecule has 30 heavy (non-hydrogen) atoms. The number of anilines is 1. The SMILES string of the molecule is C=C1CCC[C@]2(C)C[C@H]3OC(=O)[C@H](C[NH+]4CCN(c5cccc(C)c5)CC4)[C@H]3C[C@@H]12. The van der Waals surface area contributed by atoms with Crippen molar-refractivity contribution in [2.75, 3.05) is 37.6 Å². The fourth-order valence-electron chi connectivity index (χ4n) is 6.91. The first-order valence-corrected chi connectivity index (χ1v) is 12.0. The molecule has 4 fully saturated rings. The van der Waals surface area contributed by atoms with Crippen molar-refractivity contribution in [2.45, 2.75) is 52.1 Å². The third kappa shape index (κ3) is 3.57. The van der Waals surface area contributed by atoms with Crippen LogP contribution in [0.5, 0.6) is 0 Å². The Balaban J connectivity index is 1.23. The Bertz CT molecular complexity index is 828. The molecule has 4 nitrogen and oxygen atoms in total. The van der Waals surface area contributed by atoms with Gasteiger partial charge in [0.2, 0.25) is 0 Å². The molecule has 5 atom stereocenters.